The molecule has 1 heterocycles. The zero-order chi connectivity index (χ0) is 13.0. The highest BCUT2D eigenvalue weighted by Gasteiger charge is 2.11. The van der Waals surface area contributed by atoms with E-state index in [4.69, 9.17) is 5.73 Å². The first kappa shape index (κ1) is 12.4. The molecule has 2 aromatic rings. The van der Waals surface area contributed by atoms with Crippen LogP contribution in [-0.4, -0.2) is 9.91 Å². The Morgan fingerprint density at radius 1 is 1.33 bits per heavy atom. The molecule has 0 spiro atoms. The SMILES string of the molecule is Nc1cc(CSc2ccccn2)ccc1[N+](=O)[O-]. The van der Waals surface area contributed by atoms with Gasteiger partial charge in [0.2, 0.25) is 0 Å². The number of nitrogen functional groups attached to an aromatic ring is 1. The van der Waals surface area contributed by atoms with Gasteiger partial charge in [-0.25, -0.2) is 4.98 Å². The lowest BCUT2D eigenvalue weighted by molar-refractivity contribution is -0.383. The van der Waals surface area contributed by atoms with Crippen molar-refractivity contribution in [3.8, 4) is 0 Å². The Hall–Kier alpha value is -2.08. The Balaban J connectivity index is 2.07. The van der Waals surface area contributed by atoms with Crippen LogP contribution < -0.4 is 5.73 Å². The van der Waals surface area contributed by atoms with Crippen LogP contribution in [0.1, 0.15) is 5.56 Å². The summed E-state index contributed by atoms with van der Waals surface area (Å²) in [7, 11) is 0. The number of anilines is 1. The second kappa shape index (κ2) is 5.50. The Labute approximate surface area is 108 Å². The van der Waals surface area contributed by atoms with Crippen molar-refractivity contribution in [3.05, 3.63) is 58.3 Å². The maximum atomic E-state index is 10.6. The third-order valence-electron chi connectivity index (χ3n) is 2.31. The summed E-state index contributed by atoms with van der Waals surface area (Å²) in [6.07, 6.45) is 1.73. The van der Waals surface area contributed by atoms with E-state index < -0.39 is 4.92 Å². The molecule has 0 amide bonds. The molecule has 1 aromatic heterocycles. The lowest BCUT2D eigenvalue weighted by atomic mass is 10.2. The lowest BCUT2D eigenvalue weighted by Gasteiger charge is -2.03. The summed E-state index contributed by atoms with van der Waals surface area (Å²) in [5.41, 5.74) is 6.70. The zero-order valence-corrected chi connectivity index (χ0v) is 10.3. The molecule has 0 unspecified atom stereocenters. The number of hydrogen-bond donors (Lipinski definition) is 1. The van der Waals surface area contributed by atoms with Gasteiger partial charge in [0, 0.05) is 18.0 Å². The van der Waals surface area contributed by atoms with Crippen LogP contribution in [0.4, 0.5) is 11.4 Å². The van der Waals surface area contributed by atoms with E-state index >= 15 is 0 Å². The average Bonchev–Trinajstić information content (AvgIpc) is 2.37. The van der Waals surface area contributed by atoms with Gasteiger partial charge in [0.25, 0.3) is 5.69 Å². The minimum atomic E-state index is -0.481. The van der Waals surface area contributed by atoms with Crippen molar-refractivity contribution in [2.75, 3.05) is 5.73 Å². The van der Waals surface area contributed by atoms with Gasteiger partial charge in [0.1, 0.15) is 5.69 Å². The van der Waals surface area contributed by atoms with E-state index in [0.717, 1.165) is 10.6 Å². The van der Waals surface area contributed by atoms with Crippen LogP contribution in [0.5, 0.6) is 0 Å². The summed E-state index contributed by atoms with van der Waals surface area (Å²) in [6, 6.07) is 10.5. The molecule has 5 nitrogen and oxygen atoms in total. The molecule has 2 rings (SSSR count). The van der Waals surface area contributed by atoms with Crippen LogP contribution in [0, 0.1) is 10.1 Å². The van der Waals surface area contributed by atoms with E-state index in [-0.39, 0.29) is 11.4 Å². The third kappa shape index (κ3) is 2.98. The number of nitrogens with zero attached hydrogens (tertiary/aromatic N) is 2. The average molecular weight is 261 g/mol. The molecule has 92 valence electrons. The lowest BCUT2D eigenvalue weighted by Crippen LogP contribution is -1.96. The maximum Gasteiger partial charge on any atom is 0.292 e. The number of thioether (sulfide) groups is 1. The molecule has 0 atom stereocenters. The monoisotopic (exact) mass is 261 g/mol. The molecule has 0 fully saturated rings. The highest BCUT2D eigenvalue weighted by Crippen LogP contribution is 2.26. The van der Waals surface area contributed by atoms with E-state index in [1.165, 1.54) is 6.07 Å². The van der Waals surface area contributed by atoms with E-state index in [0.29, 0.717) is 5.75 Å². The number of nitrogens with two attached hydrogens (primary N) is 1. The molecule has 2 N–H and O–H groups in total. The minimum absolute atomic E-state index is 0.0541. The quantitative estimate of drug-likeness (QED) is 0.396. The van der Waals surface area contributed by atoms with Gasteiger partial charge in [-0.3, -0.25) is 10.1 Å². The fourth-order valence-corrected chi connectivity index (χ4v) is 2.25. The summed E-state index contributed by atoms with van der Waals surface area (Å²) in [5.74, 6) is 0.680. The summed E-state index contributed by atoms with van der Waals surface area (Å²) in [5, 5.41) is 11.5. The van der Waals surface area contributed by atoms with E-state index in [1.807, 2.05) is 18.2 Å². The van der Waals surface area contributed by atoms with Gasteiger partial charge in [-0.05, 0) is 23.8 Å². The first-order valence-corrected chi connectivity index (χ1v) is 6.22. The molecule has 0 saturated heterocycles. The van der Waals surface area contributed by atoms with Crippen molar-refractivity contribution in [3.63, 3.8) is 0 Å². The molecule has 1 aromatic carbocycles. The summed E-state index contributed by atoms with van der Waals surface area (Å²) < 4.78 is 0. The van der Waals surface area contributed by atoms with Gasteiger partial charge >= 0.3 is 0 Å². The fraction of sp³-hybridized carbons (Fsp3) is 0.0833. The van der Waals surface area contributed by atoms with Gasteiger partial charge in [-0.15, -0.1) is 11.8 Å². The van der Waals surface area contributed by atoms with Crippen molar-refractivity contribution >= 4 is 23.1 Å². The minimum Gasteiger partial charge on any atom is -0.393 e. The molecular weight excluding hydrogens is 250 g/mol. The van der Waals surface area contributed by atoms with Crippen molar-refractivity contribution < 1.29 is 4.92 Å². The molecule has 0 aliphatic rings. The molecule has 18 heavy (non-hydrogen) atoms. The molecule has 0 aliphatic heterocycles. The summed E-state index contributed by atoms with van der Waals surface area (Å²) in [6.45, 7) is 0. The number of nitro benzene ring substituents is 1. The van der Waals surface area contributed by atoms with Gasteiger partial charge in [0.05, 0.1) is 9.95 Å². The first-order valence-electron chi connectivity index (χ1n) is 5.23. The normalized spacial score (nSPS) is 10.2. The van der Waals surface area contributed by atoms with Crippen LogP contribution in [-0.2, 0) is 5.75 Å². The molecule has 0 radical (unpaired) electrons. The van der Waals surface area contributed by atoms with E-state index in [1.54, 1.807) is 30.1 Å². The van der Waals surface area contributed by atoms with Gasteiger partial charge < -0.3 is 5.73 Å². The van der Waals surface area contributed by atoms with Crippen LogP contribution in [0.25, 0.3) is 0 Å². The van der Waals surface area contributed by atoms with Crippen LogP contribution in [0.15, 0.2) is 47.6 Å². The predicted molar refractivity (Wildman–Crippen MR) is 71.3 cm³/mol. The van der Waals surface area contributed by atoms with Crippen molar-refractivity contribution in [2.45, 2.75) is 10.8 Å². The fourth-order valence-electron chi connectivity index (χ4n) is 1.45. The number of benzene rings is 1. The number of nitro groups is 1. The molecular formula is C12H11N3O2S. The van der Waals surface area contributed by atoms with Crippen molar-refractivity contribution in [1.29, 1.82) is 0 Å². The second-order valence-electron chi connectivity index (χ2n) is 3.61. The van der Waals surface area contributed by atoms with Gasteiger partial charge in [-0.2, -0.15) is 0 Å². The molecule has 0 aliphatic carbocycles. The summed E-state index contributed by atoms with van der Waals surface area (Å²) >= 11 is 1.56. The maximum absolute atomic E-state index is 10.6. The Bertz CT molecular complexity index is 561. The first-order chi connectivity index (χ1) is 8.66. The van der Waals surface area contributed by atoms with Crippen LogP contribution >= 0.6 is 11.8 Å². The van der Waals surface area contributed by atoms with Crippen molar-refractivity contribution in [2.24, 2.45) is 0 Å². The van der Waals surface area contributed by atoms with Gasteiger partial charge in [-0.1, -0.05) is 12.1 Å². The Morgan fingerprint density at radius 2 is 2.17 bits per heavy atom. The van der Waals surface area contributed by atoms with Crippen LogP contribution in [0.3, 0.4) is 0 Å². The Kier molecular flexibility index (Phi) is 3.78. The smallest absolute Gasteiger partial charge is 0.292 e. The number of pyridine rings is 1. The number of rotatable bonds is 4. The highest BCUT2D eigenvalue weighted by molar-refractivity contribution is 7.98. The van der Waals surface area contributed by atoms with Gasteiger partial charge in [0.15, 0.2) is 0 Å². The Morgan fingerprint density at radius 3 is 2.78 bits per heavy atom. The second-order valence-corrected chi connectivity index (χ2v) is 4.60. The number of hydrogen-bond acceptors (Lipinski definition) is 5. The van der Waals surface area contributed by atoms with Crippen molar-refractivity contribution in [1.82, 2.24) is 4.98 Å². The van der Waals surface area contributed by atoms with E-state index in [9.17, 15) is 10.1 Å². The standard InChI is InChI=1S/C12H11N3O2S/c13-10-7-9(4-5-11(10)15(16)17)8-18-12-3-1-2-6-14-12/h1-7H,8,13H2. The van der Waals surface area contributed by atoms with E-state index in [2.05, 4.69) is 4.98 Å². The molecule has 6 heteroatoms. The summed E-state index contributed by atoms with van der Waals surface area (Å²) in [4.78, 5) is 14.3. The molecule has 0 bridgehead atoms. The topological polar surface area (TPSA) is 82.0 Å². The molecule has 0 saturated carbocycles. The third-order valence-corrected chi connectivity index (χ3v) is 3.33. The largest absolute Gasteiger partial charge is 0.393 e. The predicted octanol–water partition coefficient (Wildman–Crippen LogP) is 2.86. The number of aromatic nitrogens is 1. The zero-order valence-electron chi connectivity index (χ0n) is 9.45. The highest BCUT2D eigenvalue weighted by atomic mass is 32.2. The van der Waals surface area contributed by atoms with Crippen LogP contribution in [0.2, 0.25) is 0 Å².